The Morgan fingerprint density at radius 2 is 1.62 bits per heavy atom. The molecule has 0 bridgehead atoms. The lowest BCUT2D eigenvalue weighted by atomic mass is 10.0. The summed E-state index contributed by atoms with van der Waals surface area (Å²) < 4.78 is 18.7. The Bertz CT molecular complexity index is 1460. The summed E-state index contributed by atoms with van der Waals surface area (Å²) in [7, 11) is 1.47. The van der Waals surface area contributed by atoms with Gasteiger partial charge < -0.3 is 15.0 Å². The second-order valence-corrected chi connectivity index (χ2v) is 8.72. The molecule has 1 heterocycles. The predicted octanol–water partition coefficient (Wildman–Crippen LogP) is 4.91. The molecule has 4 aromatic rings. The van der Waals surface area contributed by atoms with Crippen LogP contribution in [0.2, 0.25) is 0 Å². The van der Waals surface area contributed by atoms with E-state index in [2.05, 4.69) is 10.3 Å². The SMILES string of the molecule is Cc1cccc(C)c1NC(=O)CN(C)C(=O)COC(=O)c1cc(-c2ccc(F)cc2)nc2ccccc12. The van der Waals surface area contributed by atoms with Crippen molar-refractivity contribution >= 4 is 34.4 Å². The summed E-state index contributed by atoms with van der Waals surface area (Å²) in [5.74, 6) is -1.97. The van der Waals surface area contributed by atoms with E-state index in [0.29, 0.717) is 27.8 Å². The average Bonchev–Trinajstić information content (AvgIpc) is 2.89. The van der Waals surface area contributed by atoms with Crippen molar-refractivity contribution in [2.45, 2.75) is 13.8 Å². The molecule has 188 valence electrons. The number of pyridine rings is 1. The number of likely N-dealkylation sites (N-methyl/N-ethyl adjacent to an activating group) is 1. The summed E-state index contributed by atoms with van der Waals surface area (Å²) in [5.41, 5.74) is 4.43. The van der Waals surface area contributed by atoms with Crippen molar-refractivity contribution in [1.82, 2.24) is 9.88 Å². The molecule has 2 amide bonds. The summed E-state index contributed by atoms with van der Waals surface area (Å²) in [6.45, 7) is 3.05. The number of aryl methyl sites for hydroxylation is 2. The molecule has 0 atom stereocenters. The fourth-order valence-electron chi connectivity index (χ4n) is 3.92. The number of aromatic nitrogens is 1. The highest BCUT2D eigenvalue weighted by molar-refractivity contribution is 6.05. The quantitative estimate of drug-likeness (QED) is 0.365. The first kappa shape index (κ1) is 25.5. The van der Waals surface area contributed by atoms with E-state index in [1.165, 1.54) is 24.1 Å². The van der Waals surface area contributed by atoms with Gasteiger partial charge in [0.05, 0.1) is 23.3 Å². The monoisotopic (exact) mass is 499 g/mol. The molecule has 1 aromatic heterocycles. The van der Waals surface area contributed by atoms with Crippen LogP contribution in [0.5, 0.6) is 0 Å². The first-order valence-corrected chi connectivity index (χ1v) is 11.7. The van der Waals surface area contributed by atoms with Gasteiger partial charge in [0.15, 0.2) is 6.61 Å². The van der Waals surface area contributed by atoms with E-state index in [1.807, 2.05) is 32.0 Å². The van der Waals surface area contributed by atoms with Gasteiger partial charge in [0, 0.05) is 23.7 Å². The Morgan fingerprint density at radius 3 is 2.32 bits per heavy atom. The molecule has 37 heavy (non-hydrogen) atoms. The molecular formula is C29H26FN3O4. The lowest BCUT2D eigenvalue weighted by Gasteiger charge is -2.18. The number of esters is 1. The number of anilines is 1. The van der Waals surface area contributed by atoms with E-state index in [4.69, 9.17) is 4.74 Å². The Kier molecular flexibility index (Phi) is 7.57. The van der Waals surface area contributed by atoms with Crippen molar-refractivity contribution in [3.63, 3.8) is 0 Å². The molecule has 0 radical (unpaired) electrons. The molecule has 0 aliphatic carbocycles. The molecule has 8 heteroatoms. The number of hydrogen-bond acceptors (Lipinski definition) is 5. The number of nitrogens with zero attached hydrogens (tertiary/aromatic N) is 2. The molecule has 3 aromatic carbocycles. The van der Waals surface area contributed by atoms with Crippen LogP contribution >= 0.6 is 0 Å². The van der Waals surface area contributed by atoms with Crippen LogP contribution in [0.15, 0.2) is 72.8 Å². The van der Waals surface area contributed by atoms with Gasteiger partial charge >= 0.3 is 5.97 Å². The number of para-hydroxylation sites is 2. The van der Waals surface area contributed by atoms with Crippen LogP contribution in [0.4, 0.5) is 10.1 Å². The van der Waals surface area contributed by atoms with Gasteiger partial charge in [-0.3, -0.25) is 9.59 Å². The van der Waals surface area contributed by atoms with E-state index in [9.17, 15) is 18.8 Å². The molecule has 0 unspecified atom stereocenters. The number of rotatable bonds is 7. The Morgan fingerprint density at radius 1 is 0.946 bits per heavy atom. The second-order valence-electron chi connectivity index (χ2n) is 8.72. The highest BCUT2D eigenvalue weighted by Crippen LogP contribution is 2.26. The van der Waals surface area contributed by atoms with Crippen molar-refractivity contribution < 1.29 is 23.5 Å². The van der Waals surface area contributed by atoms with E-state index in [-0.39, 0.29) is 23.8 Å². The first-order valence-electron chi connectivity index (χ1n) is 11.7. The van der Waals surface area contributed by atoms with E-state index in [0.717, 1.165) is 11.1 Å². The third-order valence-corrected chi connectivity index (χ3v) is 5.95. The number of ether oxygens (including phenoxy) is 1. The van der Waals surface area contributed by atoms with Crippen molar-refractivity contribution in [2.24, 2.45) is 0 Å². The molecular weight excluding hydrogens is 473 g/mol. The fraction of sp³-hybridized carbons (Fsp3) is 0.172. The standard InChI is InChI=1S/C29H26FN3O4/c1-18-7-6-8-19(2)28(18)32-26(34)16-33(3)27(35)17-37-29(36)23-15-25(20-11-13-21(30)14-12-20)31-24-10-5-4-9-22(23)24/h4-15H,16-17H2,1-3H3,(H,32,34). The zero-order chi connectivity index (χ0) is 26.5. The summed E-state index contributed by atoms with van der Waals surface area (Å²) in [4.78, 5) is 43.9. The molecule has 0 saturated heterocycles. The van der Waals surface area contributed by atoms with Gasteiger partial charge in [0.1, 0.15) is 5.82 Å². The third-order valence-electron chi connectivity index (χ3n) is 5.95. The zero-order valence-electron chi connectivity index (χ0n) is 20.7. The molecule has 7 nitrogen and oxygen atoms in total. The van der Waals surface area contributed by atoms with Crippen molar-refractivity contribution in [3.05, 3.63) is 95.3 Å². The lowest BCUT2D eigenvalue weighted by Crippen LogP contribution is -2.37. The molecule has 0 fully saturated rings. The molecule has 0 aliphatic heterocycles. The Balaban J connectivity index is 1.44. The predicted molar refractivity (Wildman–Crippen MR) is 140 cm³/mol. The summed E-state index contributed by atoms with van der Waals surface area (Å²) >= 11 is 0. The van der Waals surface area contributed by atoms with Crippen LogP contribution < -0.4 is 5.32 Å². The van der Waals surface area contributed by atoms with Crippen molar-refractivity contribution in [2.75, 3.05) is 25.5 Å². The Hall–Kier alpha value is -4.59. The number of carbonyl (C=O) groups is 3. The minimum Gasteiger partial charge on any atom is -0.452 e. The van der Waals surface area contributed by atoms with Gasteiger partial charge in [0.2, 0.25) is 5.91 Å². The summed E-state index contributed by atoms with van der Waals surface area (Å²) in [5, 5.41) is 3.39. The molecule has 0 spiro atoms. The summed E-state index contributed by atoms with van der Waals surface area (Å²) in [6, 6.07) is 20.1. The summed E-state index contributed by atoms with van der Waals surface area (Å²) in [6.07, 6.45) is 0. The molecule has 0 aliphatic rings. The normalized spacial score (nSPS) is 10.7. The van der Waals surface area contributed by atoms with Crippen LogP contribution in [0.3, 0.4) is 0 Å². The number of carbonyl (C=O) groups excluding carboxylic acids is 3. The largest absolute Gasteiger partial charge is 0.452 e. The minimum atomic E-state index is -0.705. The van der Waals surface area contributed by atoms with Gasteiger partial charge in [0.25, 0.3) is 5.91 Å². The number of halogens is 1. The number of amides is 2. The van der Waals surface area contributed by atoms with E-state index in [1.54, 1.807) is 42.5 Å². The topological polar surface area (TPSA) is 88.6 Å². The number of nitrogens with one attached hydrogen (secondary N) is 1. The van der Waals surface area contributed by atoms with Crippen LogP contribution in [0.1, 0.15) is 21.5 Å². The van der Waals surface area contributed by atoms with Gasteiger partial charge in [-0.1, -0.05) is 36.4 Å². The van der Waals surface area contributed by atoms with Gasteiger partial charge in [-0.15, -0.1) is 0 Å². The van der Waals surface area contributed by atoms with Crippen molar-refractivity contribution in [3.8, 4) is 11.3 Å². The number of hydrogen-bond donors (Lipinski definition) is 1. The fourth-order valence-corrected chi connectivity index (χ4v) is 3.92. The maximum atomic E-state index is 13.4. The highest BCUT2D eigenvalue weighted by atomic mass is 19.1. The molecule has 1 N–H and O–H groups in total. The maximum absolute atomic E-state index is 13.4. The minimum absolute atomic E-state index is 0.197. The Labute approximate surface area is 213 Å². The van der Waals surface area contributed by atoms with Crippen LogP contribution in [-0.4, -0.2) is 47.9 Å². The molecule has 0 saturated carbocycles. The van der Waals surface area contributed by atoms with E-state index >= 15 is 0 Å². The molecule has 4 rings (SSSR count). The second kappa shape index (κ2) is 11.0. The van der Waals surface area contributed by atoms with Crippen molar-refractivity contribution in [1.29, 1.82) is 0 Å². The number of benzene rings is 3. The smallest absolute Gasteiger partial charge is 0.339 e. The maximum Gasteiger partial charge on any atom is 0.339 e. The van der Waals surface area contributed by atoms with Gasteiger partial charge in [-0.2, -0.15) is 0 Å². The van der Waals surface area contributed by atoms with Crippen LogP contribution in [-0.2, 0) is 14.3 Å². The zero-order valence-corrected chi connectivity index (χ0v) is 20.7. The van der Waals surface area contributed by atoms with Gasteiger partial charge in [-0.05, 0) is 61.4 Å². The average molecular weight is 500 g/mol. The third kappa shape index (κ3) is 5.98. The lowest BCUT2D eigenvalue weighted by molar-refractivity contribution is -0.136. The van der Waals surface area contributed by atoms with Crippen LogP contribution in [0.25, 0.3) is 22.2 Å². The first-order chi connectivity index (χ1) is 17.7. The number of fused-ring (bicyclic) bond motifs is 1. The van der Waals surface area contributed by atoms with Crippen LogP contribution in [0, 0.1) is 19.7 Å². The highest BCUT2D eigenvalue weighted by Gasteiger charge is 2.19. The van der Waals surface area contributed by atoms with Gasteiger partial charge in [-0.25, -0.2) is 14.2 Å². The van der Waals surface area contributed by atoms with E-state index < -0.39 is 18.5 Å².